The highest BCUT2D eigenvalue weighted by molar-refractivity contribution is 7.23. The minimum absolute atomic E-state index is 0.00961. The summed E-state index contributed by atoms with van der Waals surface area (Å²) in [5.41, 5.74) is -1.71. The highest BCUT2D eigenvalue weighted by atomic mass is 35.5. The normalized spacial score (nSPS) is 24.0. The maximum atomic E-state index is 17.9. The Labute approximate surface area is 362 Å². The Morgan fingerprint density at radius 2 is 1.82 bits per heavy atom. The molecule has 8 rings (SSSR count). The van der Waals surface area contributed by atoms with Crippen molar-refractivity contribution in [3.63, 3.8) is 0 Å². The highest BCUT2D eigenvalue weighted by Gasteiger charge is 2.50. The molecular weight excluding hydrogens is 831 g/mol. The van der Waals surface area contributed by atoms with Gasteiger partial charge in [0.1, 0.15) is 52.2 Å². The molecule has 4 aliphatic rings. The summed E-state index contributed by atoms with van der Waals surface area (Å²) in [5, 5.41) is 13.6. The molecule has 4 aliphatic heterocycles. The second-order valence-corrected chi connectivity index (χ2v) is 20.2. The number of thiophene rings is 1. The predicted octanol–water partition coefficient (Wildman–Crippen LogP) is 10.0. The molecule has 3 saturated heterocycles. The molecule has 0 unspecified atom stereocenters. The van der Waals surface area contributed by atoms with Gasteiger partial charge in [-0.2, -0.15) is 15.2 Å². The number of hydrogen-bond acceptors (Lipinski definition) is 11. The number of nitrogens with one attached hydrogen (secondary N) is 1. The van der Waals surface area contributed by atoms with Crippen LogP contribution >= 0.6 is 22.9 Å². The van der Waals surface area contributed by atoms with E-state index in [4.69, 9.17) is 35.8 Å². The molecule has 0 bridgehead atoms. The first kappa shape index (κ1) is 43.1. The summed E-state index contributed by atoms with van der Waals surface area (Å²) in [6.07, 6.45) is 0.606. The van der Waals surface area contributed by atoms with Crippen LogP contribution in [0.25, 0.3) is 32.1 Å². The molecule has 1 N–H and O–H groups in total. The number of hydrogen-bond donors (Lipinski definition) is 1. The fourth-order valence-corrected chi connectivity index (χ4v) is 11.1. The average Bonchev–Trinajstić information content (AvgIpc) is 3.81. The third kappa shape index (κ3) is 7.79. The topological polar surface area (TPSA) is 133 Å². The summed E-state index contributed by atoms with van der Waals surface area (Å²) in [6.45, 7) is 16.4. The van der Waals surface area contributed by atoms with E-state index in [2.05, 4.69) is 21.2 Å². The smallest absolute Gasteiger partial charge is 0.412 e. The number of piperazine rings is 1. The van der Waals surface area contributed by atoms with Gasteiger partial charge >= 0.3 is 18.2 Å². The standard InChI is InChI=1S/C44H51ClF3N7O5S/c1-9-24-19-55-29(20-54(24)41(57)60-43(6,7)8)22(2)15-26-32-35(50-39(51-37(32)55)58-21-44-13-10-14-53(44)18-23(46)16-44)34(48)31(33(26)45)25-11-12-28(47)36-30(25)27(17-49)38(61-36)52-40(56)59-42(3,4)5/h11-12,22-24,29H,9-10,13-16,18-21H2,1-8H3,(H,52,56)/t22-,23+,24+,29+,44-/m0/s1. The van der Waals surface area contributed by atoms with E-state index in [9.17, 15) is 19.2 Å². The second kappa shape index (κ2) is 15.6. The molecule has 0 spiro atoms. The van der Waals surface area contributed by atoms with Crippen molar-refractivity contribution in [1.82, 2.24) is 19.8 Å². The number of anilines is 2. The SMILES string of the molecule is CC[C@@H]1CN2c3nc(OC[C@@]45CCCN4C[C@H](F)C5)nc4c(F)c(-c5ccc(F)c6sc(NC(=O)OC(C)(C)C)c(C#N)c56)c(Cl)c(c34)C[C@H](C)[C@H]2CN1C(=O)OC(C)(C)C. The van der Waals surface area contributed by atoms with E-state index in [0.717, 1.165) is 30.7 Å². The first-order valence-corrected chi connectivity index (χ1v) is 22.1. The minimum atomic E-state index is -0.993. The number of carbonyl (C=O) groups is 2. The molecule has 0 radical (unpaired) electrons. The van der Waals surface area contributed by atoms with Crippen LogP contribution in [0.4, 0.5) is 33.6 Å². The molecule has 0 aliphatic carbocycles. The molecular formula is C44H51ClF3N7O5S. The molecule has 2 amide bonds. The Hall–Kier alpha value is -4.59. The van der Waals surface area contributed by atoms with Crippen LogP contribution < -0.4 is 15.0 Å². The lowest BCUT2D eigenvalue weighted by molar-refractivity contribution is 0.00795. The van der Waals surface area contributed by atoms with Crippen molar-refractivity contribution in [3.8, 4) is 23.2 Å². The van der Waals surface area contributed by atoms with E-state index in [1.54, 1.807) is 25.7 Å². The monoisotopic (exact) mass is 881 g/mol. The third-order valence-corrected chi connectivity index (χ3v) is 13.8. The van der Waals surface area contributed by atoms with Gasteiger partial charge in [0.15, 0.2) is 5.82 Å². The number of fused-ring (bicyclic) bond motifs is 4. The number of amides is 2. The van der Waals surface area contributed by atoms with Crippen LogP contribution in [0.1, 0.15) is 92.2 Å². The molecule has 5 atom stereocenters. The van der Waals surface area contributed by atoms with Crippen molar-refractivity contribution in [3.05, 3.63) is 39.9 Å². The number of benzene rings is 2. The zero-order valence-electron chi connectivity index (χ0n) is 35.7. The van der Waals surface area contributed by atoms with Gasteiger partial charge in [-0.3, -0.25) is 10.2 Å². The van der Waals surface area contributed by atoms with Crippen LogP contribution in [0.15, 0.2) is 12.1 Å². The zero-order chi connectivity index (χ0) is 43.9. The fraction of sp³-hybridized carbons (Fsp3) is 0.568. The predicted molar refractivity (Wildman–Crippen MR) is 229 cm³/mol. The Morgan fingerprint density at radius 1 is 1.08 bits per heavy atom. The molecule has 12 nitrogen and oxygen atoms in total. The highest BCUT2D eigenvalue weighted by Crippen LogP contribution is 2.50. The molecule has 0 saturated carbocycles. The van der Waals surface area contributed by atoms with Gasteiger partial charge in [-0.1, -0.05) is 31.5 Å². The lowest BCUT2D eigenvalue weighted by atomic mass is 9.89. The van der Waals surface area contributed by atoms with Gasteiger partial charge in [0, 0.05) is 37.0 Å². The van der Waals surface area contributed by atoms with Crippen molar-refractivity contribution in [2.24, 2.45) is 5.92 Å². The summed E-state index contributed by atoms with van der Waals surface area (Å²) in [7, 11) is 0. The number of rotatable bonds is 6. The first-order valence-electron chi connectivity index (χ1n) is 20.9. The van der Waals surface area contributed by atoms with Crippen molar-refractivity contribution >= 4 is 66.9 Å². The van der Waals surface area contributed by atoms with Gasteiger partial charge in [-0.15, -0.1) is 11.3 Å². The van der Waals surface area contributed by atoms with E-state index in [1.807, 2.05) is 34.6 Å². The molecule has 2 aromatic heterocycles. The molecule has 6 heterocycles. The van der Waals surface area contributed by atoms with Crippen LogP contribution in [-0.4, -0.2) is 99.7 Å². The van der Waals surface area contributed by atoms with E-state index in [1.165, 1.54) is 12.1 Å². The van der Waals surface area contributed by atoms with Gasteiger partial charge in [0.25, 0.3) is 0 Å². The summed E-state index contributed by atoms with van der Waals surface area (Å²) < 4.78 is 66.1. The number of nitrogens with zero attached hydrogens (tertiary/aromatic N) is 6. The quantitative estimate of drug-likeness (QED) is 0.200. The molecule has 61 heavy (non-hydrogen) atoms. The largest absolute Gasteiger partial charge is 0.461 e. The Balaban J connectivity index is 1.31. The number of halogens is 4. The average molecular weight is 882 g/mol. The van der Waals surface area contributed by atoms with Crippen molar-refractivity contribution < 1.29 is 37.0 Å². The number of alkyl halides is 1. The number of nitriles is 1. The third-order valence-electron chi connectivity index (χ3n) is 12.3. The lowest BCUT2D eigenvalue weighted by Crippen LogP contribution is -2.62. The minimum Gasteiger partial charge on any atom is -0.461 e. The summed E-state index contributed by atoms with van der Waals surface area (Å²) in [5.74, 6) is -1.30. The Kier molecular flexibility index (Phi) is 11.0. The fourth-order valence-electron chi connectivity index (χ4n) is 9.65. The zero-order valence-corrected chi connectivity index (χ0v) is 37.3. The lowest BCUT2D eigenvalue weighted by Gasteiger charge is -2.48. The van der Waals surface area contributed by atoms with Crippen LogP contribution in [0.3, 0.4) is 0 Å². The van der Waals surface area contributed by atoms with E-state index in [0.29, 0.717) is 55.7 Å². The number of carbonyl (C=O) groups excluding carboxylic acids is 2. The molecule has 326 valence electrons. The molecule has 3 fully saturated rings. The van der Waals surface area contributed by atoms with Gasteiger partial charge in [0.05, 0.1) is 38.3 Å². The summed E-state index contributed by atoms with van der Waals surface area (Å²) in [6, 6.07) is 3.95. The van der Waals surface area contributed by atoms with Gasteiger partial charge < -0.3 is 24.0 Å². The van der Waals surface area contributed by atoms with Gasteiger partial charge in [-0.25, -0.2) is 22.8 Å². The molecule has 2 aromatic carbocycles. The second-order valence-electron chi connectivity index (χ2n) is 18.8. The molecule has 17 heteroatoms. The van der Waals surface area contributed by atoms with E-state index < -0.39 is 46.7 Å². The van der Waals surface area contributed by atoms with Crippen LogP contribution in [0, 0.1) is 28.9 Å². The summed E-state index contributed by atoms with van der Waals surface area (Å²) in [4.78, 5) is 42.3. The number of aromatic nitrogens is 2. The van der Waals surface area contributed by atoms with Crippen LogP contribution in [0.2, 0.25) is 5.02 Å². The summed E-state index contributed by atoms with van der Waals surface area (Å²) >= 11 is 8.23. The van der Waals surface area contributed by atoms with Gasteiger partial charge in [0.2, 0.25) is 0 Å². The van der Waals surface area contributed by atoms with E-state index in [-0.39, 0.29) is 72.9 Å². The maximum absolute atomic E-state index is 17.9. The first-order chi connectivity index (χ1) is 28.7. The van der Waals surface area contributed by atoms with Crippen molar-refractivity contribution in [2.45, 2.75) is 122 Å². The van der Waals surface area contributed by atoms with Crippen molar-refractivity contribution in [1.29, 1.82) is 5.26 Å². The Morgan fingerprint density at radius 3 is 2.51 bits per heavy atom. The number of ether oxygens (including phenoxy) is 3. The van der Waals surface area contributed by atoms with Crippen LogP contribution in [-0.2, 0) is 15.9 Å². The maximum Gasteiger partial charge on any atom is 0.412 e. The van der Waals surface area contributed by atoms with Crippen molar-refractivity contribution in [2.75, 3.05) is 43.0 Å². The Bertz CT molecular complexity index is 2480. The van der Waals surface area contributed by atoms with Gasteiger partial charge in [-0.05, 0) is 96.9 Å². The van der Waals surface area contributed by atoms with Crippen LogP contribution in [0.5, 0.6) is 6.01 Å². The van der Waals surface area contributed by atoms with E-state index >= 15 is 8.78 Å². The molecule has 4 aromatic rings.